The van der Waals surface area contributed by atoms with E-state index in [0.29, 0.717) is 0 Å². The van der Waals surface area contributed by atoms with E-state index in [2.05, 4.69) is 0 Å². The molecule has 0 aliphatic heterocycles. The molecule has 0 N–H and O–H groups in total. The summed E-state index contributed by atoms with van der Waals surface area (Å²) in [5.74, 6) is 0. The Morgan fingerprint density at radius 3 is 1.88 bits per heavy atom. The summed E-state index contributed by atoms with van der Waals surface area (Å²) < 4.78 is 0. The van der Waals surface area contributed by atoms with Crippen molar-refractivity contribution in [3.05, 3.63) is 0 Å². The molecule has 2 nitrogen and oxygen atoms in total. The second kappa shape index (κ2) is 5.71. The number of nitrogens with zero attached hydrogens (tertiary/aromatic N) is 1. The fourth-order valence-corrected chi connectivity index (χ4v) is 0.105. The van der Waals surface area contributed by atoms with Gasteiger partial charge in [0.05, 0.1) is 0 Å². The van der Waals surface area contributed by atoms with Gasteiger partial charge in [-0.1, -0.05) is 0 Å². The van der Waals surface area contributed by atoms with Crippen LogP contribution in [0.4, 0.5) is 0 Å². The molecule has 0 atom stereocenters. The van der Waals surface area contributed by atoms with Crippen molar-refractivity contribution >= 4 is 6.41 Å². The maximum atomic E-state index is 9.75. The van der Waals surface area contributed by atoms with E-state index in [0.717, 1.165) is 0 Å². The Kier molecular flexibility index (Phi) is 8.12. The van der Waals surface area contributed by atoms with Gasteiger partial charge in [0.25, 0.3) is 0 Å². The van der Waals surface area contributed by atoms with Crippen molar-refractivity contribution in [2.75, 3.05) is 7.05 Å². The van der Waals surface area contributed by atoms with Gasteiger partial charge in [-0.3, -0.25) is 0 Å². The zero-order valence-corrected chi connectivity index (χ0v) is 8.35. The first-order valence-corrected chi connectivity index (χ1v) is 2.29. The second-order valence-corrected chi connectivity index (χ2v) is 1.80. The Labute approximate surface area is 75.5 Å². The quantitative estimate of drug-likeness (QED) is 0.454. The van der Waals surface area contributed by atoms with Gasteiger partial charge in [-0.05, 0) is 26.9 Å². The van der Waals surface area contributed by atoms with Crippen molar-refractivity contribution in [2.45, 2.75) is 19.9 Å². The predicted molar refractivity (Wildman–Crippen MR) is 28.6 cm³/mol. The summed E-state index contributed by atoms with van der Waals surface area (Å²) in [5, 5.41) is 0. The Morgan fingerprint density at radius 1 is 1.50 bits per heavy atom. The third-order valence-corrected chi connectivity index (χ3v) is 0.919. The van der Waals surface area contributed by atoms with Crippen LogP contribution in [-0.4, -0.2) is 24.4 Å². The van der Waals surface area contributed by atoms with E-state index >= 15 is 0 Å². The molecule has 0 aromatic rings. The summed E-state index contributed by atoms with van der Waals surface area (Å²) >= 11 is 0. The summed E-state index contributed by atoms with van der Waals surface area (Å²) in [4.78, 5) is 11.2. The monoisotopic (exact) mass is 189 g/mol. The summed E-state index contributed by atoms with van der Waals surface area (Å²) in [5.41, 5.74) is 0. The van der Waals surface area contributed by atoms with E-state index in [9.17, 15) is 4.79 Å². The van der Waals surface area contributed by atoms with Crippen LogP contribution < -0.4 is 0 Å². The molecule has 0 heterocycles. The second-order valence-electron chi connectivity index (χ2n) is 1.80. The van der Waals surface area contributed by atoms with Crippen LogP contribution in [0.2, 0.25) is 0 Å². The zero-order chi connectivity index (χ0) is 5.86. The summed E-state index contributed by atoms with van der Waals surface area (Å²) in [6.07, 6.45) is 1.75. The van der Waals surface area contributed by atoms with Crippen molar-refractivity contribution in [2.24, 2.45) is 0 Å². The van der Waals surface area contributed by atoms with Crippen molar-refractivity contribution < 1.29 is 37.5 Å². The van der Waals surface area contributed by atoms with Gasteiger partial charge in [0, 0.05) is 32.7 Å². The van der Waals surface area contributed by atoms with E-state index < -0.39 is 0 Å². The van der Waals surface area contributed by atoms with E-state index in [1.54, 1.807) is 13.5 Å². The van der Waals surface area contributed by atoms with Crippen LogP contribution in [0.3, 0.4) is 0 Å². The fraction of sp³-hybridized carbons (Fsp3) is 0.800. The summed E-state index contributed by atoms with van der Waals surface area (Å²) in [6, 6.07) is 0.275. The van der Waals surface area contributed by atoms with Gasteiger partial charge in [-0.25, -0.2) is 0 Å². The first kappa shape index (κ1) is 11.4. The minimum atomic E-state index is 0. The largest absolute Gasteiger partial charge is 0.520 e. The predicted octanol–water partition coefficient (Wildman–Crippen LogP) is 0.391. The molecule has 8 heavy (non-hydrogen) atoms. The molecule has 0 fully saturated rings. The van der Waals surface area contributed by atoms with Gasteiger partial charge >= 0.3 is 0 Å². The van der Waals surface area contributed by atoms with Gasteiger partial charge in [0.1, 0.15) is 0 Å². The molecule has 0 saturated carbocycles. The van der Waals surface area contributed by atoms with E-state index in [1.807, 2.05) is 13.8 Å². The molecule has 3 heteroatoms. The van der Waals surface area contributed by atoms with Crippen LogP contribution in [0.1, 0.15) is 13.8 Å². The first-order chi connectivity index (χ1) is 3.18. The number of rotatable bonds is 2. The molecule has 0 bridgehead atoms. The average Bonchev–Trinajstić information content (AvgIpc) is 1.65. The molecular formula is C5H10NOY-. The number of carbonyl (C=O) groups excluding carboxylic acids is 1. The Bertz CT molecular complexity index is 65.4. The van der Waals surface area contributed by atoms with E-state index in [-0.39, 0.29) is 38.8 Å². The molecule has 0 aromatic heterocycles. The van der Waals surface area contributed by atoms with Crippen LogP contribution in [0.5, 0.6) is 0 Å². The van der Waals surface area contributed by atoms with Crippen LogP contribution >= 0.6 is 0 Å². The third kappa shape index (κ3) is 4.73. The van der Waals surface area contributed by atoms with Crippen LogP contribution in [0, 0.1) is 0 Å². The number of hydrogen-bond donors (Lipinski definition) is 0. The van der Waals surface area contributed by atoms with Crippen LogP contribution in [0.15, 0.2) is 0 Å². The number of hydrogen-bond acceptors (Lipinski definition) is 1. The van der Waals surface area contributed by atoms with Crippen LogP contribution in [-0.2, 0) is 37.5 Å². The fourth-order valence-electron chi connectivity index (χ4n) is 0.105. The SMILES string of the molecule is CC(C)N(C)[C-]=O.[Y]. The van der Waals surface area contributed by atoms with Gasteiger partial charge in [0.2, 0.25) is 0 Å². The molecule has 0 aliphatic carbocycles. The van der Waals surface area contributed by atoms with E-state index in [4.69, 9.17) is 0 Å². The smallest absolute Gasteiger partial charge is 0 e. The van der Waals surface area contributed by atoms with Crippen molar-refractivity contribution in [3.8, 4) is 0 Å². The molecule has 0 unspecified atom stereocenters. The summed E-state index contributed by atoms with van der Waals surface area (Å²) in [6.45, 7) is 3.87. The Hall–Kier alpha value is 0.574. The maximum Gasteiger partial charge on any atom is 0 e. The Balaban J connectivity index is 0. The van der Waals surface area contributed by atoms with Crippen LogP contribution in [0.25, 0.3) is 0 Å². The topological polar surface area (TPSA) is 20.3 Å². The third-order valence-electron chi connectivity index (χ3n) is 0.919. The molecule has 1 amide bonds. The van der Waals surface area contributed by atoms with Gasteiger partial charge in [-0.2, -0.15) is 6.41 Å². The molecular weight excluding hydrogens is 179 g/mol. The van der Waals surface area contributed by atoms with Crippen molar-refractivity contribution in [3.63, 3.8) is 0 Å². The molecule has 45 valence electrons. The summed E-state index contributed by atoms with van der Waals surface area (Å²) in [7, 11) is 1.71. The first-order valence-electron chi connectivity index (χ1n) is 2.29. The standard InChI is InChI=1S/C5H10NO.Y/c1-5(2)6(3)4-7;/h5H,1-3H3;/q-1;. The van der Waals surface area contributed by atoms with Gasteiger partial charge < -0.3 is 9.69 Å². The molecule has 0 aromatic carbocycles. The average molecular weight is 189 g/mol. The van der Waals surface area contributed by atoms with Gasteiger partial charge in [-0.15, -0.1) is 0 Å². The number of amides is 1. The normalized spacial score (nSPS) is 8.00. The molecule has 1 radical (unpaired) electrons. The maximum absolute atomic E-state index is 9.75. The minimum Gasteiger partial charge on any atom is -0.520 e. The van der Waals surface area contributed by atoms with E-state index in [1.165, 1.54) is 4.90 Å². The minimum absolute atomic E-state index is 0. The van der Waals surface area contributed by atoms with Crippen molar-refractivity contribution in [1.29, 1.82) is 0 Å². The molecule has 0 rings (SSSR count). The zero-order valence-electron chi connectivity index (χ0n) is 5.51. The van der Waals surface area contributed by atoms with Gasteiger partial charge in [0.15, 0.2) is 0 Å². The molecule has 0 spiro atoms. The molecule has 0 saturated heterocycles. The van der Waals surface area contributed by atoms with Crippen molar-refractivity contribution in [1.82, 2.24) is 4.90 Å². The molecule has 0 aliphatic rings. The Morgan fingerprint density at radius 2 is 1.88 bits per heavy atom.